The molecule has 1 atom stereocenters. The Bertz CT molecular complexity index is 762. The summed E-state index contributed by atoms with van der Waals surface area (Å²) in [6, 6.07) is 14.5. The third kappa shape index (κ3) is 3.46. The molecule has 1 aliphatic rings. The van der Waals surface area contributed by atoms with Gasteiger partial charge in [-0.05, 0) is 42.7 Å². The summed E-state index contributed by atoms with van der Waals surface area (Å²) >= 11 is 0. The van der Waals surface area contributed by atoms with Gasteiger partial charge in [-0.2, -0.15) is 4.31 Å². The van der Waals surface area contributed by atoms with Crippen LogP contribution in [-0.2, 0) is 10.0 Å². The van der Waals surface area contributed by atoms with Crippen LogP contribution in [0, 0.1) is 5.82 Å². The first-order valence-corrected chi connectivity index (χ1v) is 9.35. The van der Waals surface area contributed by atoms with Crippen molar-refractivity contribution in [3.05, 3.63) is 66.0 Å². The van der Waals surface area contributed by atoms with Crippen molar-refractivity contribution in [2.75, 3.05) is 6.54 Å². The van der Waals surface area contributed by atoms with Crippen molar-refractivity contribution in [3.63, 3.8) is 0 Å². The summed E-state index contributed by atoms with van der Waals surface area (Å²) < 4.78 is 41.2. The minimum Gasteiger partial charge on any atom is -0.207 e. The van der Waals surface area contributed by atoms with Crippen molar-refractivity contribution in [1.82, 2.24) is 4.31 Å². The smallest absolute Gasteiger partial charge is 0.207 e. The second-order valence-electron chi connectivity index (χ2n) is 5.85. The summed E-state index contributed by atoms with van der Waals surface area (Å²) in [4.78, 5) is 0.295. The maximum absolute atomic E-state index is 13.6. The fourth-order valence-corrected chi connectivity index (χ4v) is 4.85. The highest BCUT2D eigenvalue weighted by atomic mass is 32.2. The van der Waals surface area contributed by atoms with E-state index in [0.29, 0.717) is 11.4 Å². The number of hydrogen-bond acceptors (Lipinski definition) is 2. The molecular formula is C18H20FNO2S. The average Bonchev–Trinajstić information content (AvgIpc) is 2.82. The van der Waals surface area contributed by atoms with Crippen molar-refractivity contribution in [3.8, 4) is 0 Å². The van der Waals surface area contributed by atoms with E-state index in [2.05, 4.69) is 0 Å². The van der Waals surface area contributed by atoms with Gasteiger partial charge in [-0.25, -0.2) is 12.8 Å². The molecule has 1 fully saturated rings. The van der Waals surface area contributed by atoms with Crippen LogP contribution in [0.5, 0.6) is 0 Å². The van der Waals surface area contributed by atoms with Crippen LogP contribution in [0.1, 0.15) is 37.3 Å². The SMILES string of the molecule is O=S(=O)(c1ccccc1)N1CCCCCC1c1cccc(F)c1. The second-order valence-corrected chi connectivity index (χ2v) is 7.74. The summed E-state index contributed by atoms with van der Waals surface area (Å²) in [6.45, 7) is 0.471. The van der Waals surface area contributed by atoms with Crippen LogP contribution in [0.4, 0.5) is 4.39 Å². The Balaban J connectivity index is 2.03. The highest BCUT2D eigenvalue weighted by molar-refractivity contribution is 7.89. The molecule has 23 heavy (non-hydrogen) atoms. The maximum atomic E-state index is 13.6. The zero-order chi connectivity index (χ0) is 16.3. The third-order valence-corrected chi connectivity index (χ3v) is 6.21. The van der Waals surface area contributed by atoms with Crippen LogP contribution in [0.3, 0.4) is 0 Å². The molecule has 3 nitrogen and oxygen atoms in total. The highest BCUT2D eigenvalue weighted by Crippen LogP contribution is 2.34. The molecule has 0 N–H and O–H groups in total. The summed E-state index contributed by atoms with van der Waals surface area (Å²) in [7, 11) is -3.58. The summed E-state index contributed by atoms with van der Waals surface area (Å²) in [5.74, 6) is -0.330. The molecule has 0 spiro atoms. The number of nitrogens with zero attached hydrogens (tertiary/aromatic N) is 1. The summed E-state index contributed by atoms with van der Waals surface area (Å²) in [5.41, 5.74) is 0.728. The molecular weight excluding hydrogens is 313 g/mol. The third-order valence-electron chi connectivity index (χ3n) is 4.29. The van der Waals surface area contributed by atoms with Gasteiger partial charge >= 0.3 is 0 Å². The molecule has 1 saturated heterocycles. The van der Waals surface area contributed by atoms with Crippen molar-refractivity contribution < 1.29 is 12.8 Å². The number of halogens is 1. The molecule has 1 aliphatic heterocycles. The van der Waals surface area contributed by atoms with Crippen LogP contribution >= 0.6 is 0 Å². The van der Waals surface area contributed by atoms with Gasteiger partial charge in [0.25, 0.3) is 0 Å². The highest BCUT2D eigenvalue weighted by Gasteiger charge is 2.33. The van der Waals surface area contributed by atoms with Crippen LogP contribution in [0.25, 0.3) is 0 Å². The quantitative estimate of drug-likeness (QED) is 0.847. The molecule has 0 bridgehead atoms. The Morgan fingerprint density at radius 2 is 1.74 bits per heavy atom. The molecule has 0 radical (unpaired) electrons. The monoisotopic (exact) mass is 333 g/mol. The predicted molar refractivity (Wildman–Crippen MR) is 87.9 cm³/mol. The second kappa shape index (κ2) is 6.81. The Morgan fingerprint density at radius 1 is 0.957 bits per heavy atom. The van der Waals surface area contributed by atoms with E-state index < -0.39 is 10.0 Å². The van der Waals surface area contributed by atoms with E-state index in [1.54, 1.807) is 40.7 Å². The van der Waals surface area contributed by atoms with Crippen LogP contribution in [-0.4, -0.2) is 19.3 Å². The lowest BCUT2D eigenvalue weighted by atomic mass is 10.0. The van der Waals surface area contributed by atoms with Gasteiger partial charge < -0.3 is 0 Å². The van der Waals surface area contributed by atoms with Crippen molar-refractivity contribution >= 4 is 10.0 Å². The number of hydrogen-bond donors (Lipinski definition) is 0. The predicted octanol–water partition coefficient (Wildman–Crippen LogP) is 4.13. The minimum atomic E-state index is -3.58. The molecule has 122 valence electrons. The van der Waals surface area contributed by atoms with Gasteiger partial charge in [-0.15, -0.1) is 0 Å². The molecule has 0 aliphatic carbocycles. The summed E-state index contributed by atoms with van der Waals surface area (Å²) in [6.07, 6.45) is 3.49. The molecule has 0 amide bonds. The summed E-state index contributed by atoms with van der Waals surface area (Å²) in [5, 5.41) is 0. The van der Waals surface area contributed by atoms with Gasteiger partial charge in [0.15, 0.2) is 0 Å². The lowest BCUT2D eigenvalue weighted by Crippen LogP contribution is -2.34. The molecule has 2 aromatic rings. The zero-order valence-electron chi connectivity index (χ0n) is 12.9. The Labute approximate surface area is 136 Å². The van der Waals surface area contributed by atoms with E-state index in [1.165, 1.54) is 12.1 Å². The average molecular weight is 333 g/mol. The molecule has 1 unspecified atom stereocenters. The van der Waals surface area contributed by atoms with E-state index in [1.807, 2.05) is 6.07 Å². The Hall–Kier alpha value is -1.72. The molecule has 0 saturated carbocycles. The van der Waals surface area contributed by atoms with Crippen LogP contribution in [0.15, 0.2) is 59.5 Å². The van der Waals surface area contributed by atoms with Crippen molar-refractivity contribution in [2.45, 2.75) is 36.6 Å². The van der Waals surface area contributed by atoms with Gasteiger partial charge in [-0.3, -0.25) is 0 Å². The minimum absolute atomic E-state index is 0.295. The van der Waals surface area contributed by atoms with E-state index in [0.717, 1.165) is 31.2 Å². The molecule has 3 rings (SSSR count). The Kier molecular flexibility index (Phi) is 4.78. The van der Waals surface area contributed by atoms with E-state index in [-0.39, 0.29) is 11.9 Å². The fourth-order valence-electron chi connectivity index (χ4n) is 3.14. The van der Waals surface area contributed by atoms with E-state index >= 15 is 0 Å². The lowest BCUT2D eigenvalue weighted by Gasteiger charge is -2.29. The van der Waals surface area contributed by atoms with Gasteiger partial charge in [0, 0.05) is 6.54 Å². The first kappa shape index (κ1) is 16.1. The standard InChI is InChI=1S/C18H20FNO2S/c19-16-9-7-8-15(14-16)18-12-5-2-6-13-20(18)23(21,22)17-10-3-1-4-11-17/h1,3-4,7-11,14,18H,2,5-6,12-13H2. The maximum Gasteiger partial charge on any atom is 0.243 e. The molecule has 1 heterocycles. The van der Waals surface area contributed by atoms with Crippen molar-refractivity contribution in [1.29, 1.82) is 0 Å². The van der Waals surface area contributed by atoms with Crippen LogP contribution < -0.4 is 0 Å². The normalized spacial score (nSPS) is 20.1. The largest absolute Gasteiger partial charge is 0.243 e. The molecule has 2 aromatic carbocycles. The van der Waals surface area contributed by atoms with E-state index in [4.69, 9.17) is 0 Å². The number of benzene rings is 2. The fraction of sp³-hybridized carbons (Fsp3) is 0.333. The molecule has 0 aromatic heterocycles. The van der Waals surface area contributed by atoms with Gasteiger partial charge in [-0.1, -0.05) is 43.2 Å². The van der Waals surface area contributed by atoms with Gasteiger partial charge in [0.05, 0.1) is 10.9 Å². The number of sulfonamides is 1. The topological polar surface area (TPSA) is 37.4 Å². The van der Waals surface area contributed by atoms with Gasteiger partial charge in [0.2, 0.25) is 10.0 Å². The van der Waals surface area contributed by atoms with Gasteiger partial charge in [0.1, 0.15) is 5.82 Å². The van der Waals surface area contributed by atoms with Crippen LogP contribution in [0.2, 0.25) is 0 Å². The zero-order valence-corrected chi connectivity index (χ0v) is 13.7. The lowest BCUT2D eigenvalue weighted by molar-refractivity contribution is 0.328. The number of rotatable bonds is 3. The Morgan fingerprint density at radius 3 is 2.48 bits per heavy atom. The van der Waals surface area contributed by atoms with Crippen molar-refractivity contribution in [2.24, 2.45) is 0 Å². The van der Waals surface area contributed by atoms with E-state index in [9.17, 15) is 12.8 Å². The molecule has 5 heteroatoms. The first-order valence-electron chi connectivity index (χ1n) is 7.91. The first-order chi connectivity index (χ1) is 11.1.